The second kappa shape index (κ2) is 5.95. The molecule has 0 spiro atoms. The lowest BCUT2D eigenvalue weighted by molar-refractivity contribution is -0.137. The molecule has 0 unspecified atom stereocenters. The summed E-state index contributed by atoms with van der Waals surface area (Å²) in [4.78, 5) is 25.0. The number of hydrogen-bond acceptors (Lipinski definition) is 3. The molecule has 0 aliphatic carbocycles. The van der Waals surface area contributed by atoms with Crippen LogP contribution in [0.2, 0.25) is 10.0 Å². The number of hydrogen-bond donors (Lipinski definition) is 0. The van der Waals surface area contributed by atoms with Gasteiger partial charge >= 0.3 is 0 Å². The smallest absolute Gasteiger partial charge is 0.229 e. The summed E-state index contributed by atoms with van der Waals surface area (Å²) in [6.07, 6.45) is 0.669. The summed E-state index contributed by atoms with van der Waals surface area (Å²) in [5, 5.41) is 1.25. The molecule has 3 nitrogen and oxygen atoms in total. The van der Waals surface area contributed by atoms with Crippen molar-refractivity contribution >= 4 is 46.8 Å². The maximum absolute atomic E-state index is 11.4. The molecule has 1 aromatic carbocycles. The van der Waals surface area contributed by atoms with Crippen LogP contribution in [-0.2, 0) is 9.59 Å². The van der Waals surface area contributed by atoms with Crippen molar-refractivity contribution in [2.24, 2.45) is 0 Å². The van der Waals surface area contributed by atoms with Crippen molar-refractivity contribution in [1.82, 2.24) is 4.90 Å². The van der Waals surface area contributed by atoms with Crippen molar-refractivity contribution in [2.75, 3.05) is 12.3 Å². The summed E-state index contributed by atoms with van der Waals surface area (Å²) in [5.74, 6) is 0.452. The number of nitrogens with zero attached hydrogens (tertiary/aromatic N) is 1. The van der Waals surface area contributed by atoms with Crippen LogP contribution in [0.5, 0.6) is 0 Å². The second-order valence-corrected chi connectivity index (χ2v) is 5.84. The van der Waals surface area contributed by atoms with E-state index < -0.39 is 0 Å². The Hall–Kier alpha value is -0.710. The molecule has 0 N–H and O–H groups in total. The Labute approximate surface area is 119 Å². The van der Waals surface area contributed by atoms with Gasteiger partial charge in [-0.05, 0) is 18.2 Å². The molecule has 96 valence electrons. The molecular formula is C12H11Cl2NO2S. The minimum Gasteiger partial charge on any atom is -0.282 e. The Morgan fingerprint density at radius 3 is 2.50 bits per heavy atom. The summed E-state index contributed by atoms with van der Waals surface area (Å²) in [5.41, 5.74) is 0. The van der Waals surface area contributed by atoms with Gasteiger partial charge in [-0.1, -0.05) is 23.2 Å². The van der Waals surface area contributed by atoms with Crippen molar-refractivity contribution < 1.29 is 9.59 Å². The normalized spacial score (nSPS) is 15.6. The third kappa shape index (κ3) is 3.19. The fourth-order valence-corrected chi connectivity index (χ4v) is 3.13. The largest absolute Gasteiger partial charge is 0.282 e. The first-order valence-corrected chi connectivity index (χ1v) is 7.23. The lowest BCUT2D eigenvalue weighted by Gasteiger charge is -2.13. The number of amides is 2. The van der Waals surface area contributed by atoms with E-state index in [1.54, 1.807) is 18.2 Å². The van der Waals surface area contributed by atoms with Gasteiger partial charge in [0.1, 0.15) is 0 Å². The van der Waals surface area contributed by atoms with Crippen molar-refractivity contribution in [3.63, 3.8) is 0 Å². The molecule has 0 aromatic heterocycles. The highest BCUT2D eigenvalue weighted by Crippen LogP contribution is 2.30. The van der Waals surface area contributed by atoms with Crippen LogP contribution in [0.3, 0.4) is 0 Å². The van der Waals surface area contributed by atoms with E-state index in [2.05, 4.69) is 0 Å². The number of halogens is 2. The first kappa shape index (κ1) is 13.7. The predicted molar refractivity (Wildman–Crippen MR) is 73.1 cm³/mol. The summed E-state index contributed by atoms with van der Waals surface area (Å²) in [6.45, 7) is 0.422. The van der Waals surface area contributed by atoms with Gasteiger partial charge in [0.05, 0.1) is 5.02 Å². The third-order valence-electron chi connectivity index (χ3n) is 2.62. The topological polar surface area (TPSA) is 37.4 Å². The molecule has 6 heteroatoms. The molecule has 1 fully saturated rings. The molecule has 0 atom stereocenters. The monoisotopic (exact) mass is 303 g/mol. The number of benzene rings is 1. The molecule has 2 amide bonds. The molecule has 0 saturated carbocycles. The van der Waals surface area contributed by atoms with Gasteiger partial charge in [-0.2, -0.15) is 0 Å². The molecule has 1 aliphatic heterocycles. The number of rotatable bonds is 4. The van der Waals surface area contributed by atoms with Gasteiger partial charge in [-0.25, -0.2) is 0 Å². The number of carbonyl (C=O) groups is 2. The Morgan fingerprint density at radius 1 is 1.17 bits per heavy atom. The SMILES string of the molecule is O=C1CCC(=O)N1CCSc1cc(Cl)ccc1Cl. The van der Waals surface area contributed by atoms with E-state index in [-0.39, 0.29) is 11.8 Å². The summed E-state index contributed by atoms with van der Waals surface area (Å²) in [7, 11) is 0. The van der Waals surface area contributed by atoms with E-state index in [4.69, 9.17) is 23.2 Å². The van der Waals surface area contributed by atoms with Gasteiger partial charge < -0.3 is 0 Å². The van der Waals surface area contributed by atoms with Crippen molar-refractivity contribution in [3.05, 3.63) is 28.2 Å². The molecule has 0 radical (unpaired) electrons. The fourth-order valence-electron chi connectivity index (χ4n) is 1.71. The lowest BCUT2D eigenvalue weighted by Crippen LogP contribution is -2.31. The standard InChI is InChI=1S/C12H11Cl2NO2S/c13-8-1-2-9(14)10(7-8)18-6-5-15-11(16)3-4-12(15)17/h1-2,7H,3-6H2. The van der Waals surface area contributed by atoms with E-state index in [0.29, 0.717) is 35.2 Å². The minimum absolute atomic E-state index is 0.0854. The first-order valence-electron chi connectivity index (χ1n) is 5.49. The van der Waals surface area contributed by atoms with E-state index in [1.165, 1.54) is 16.7 Å². The van der Waals surface area contributed by atoms with Gasteiger partial charge in [-0.15, -0.1) is 11.8 Å². The highest BCUT2D eigenvalue weighted by atomic mass is 35.5. The maximum Gasteiger partial charge on any atom is 0.229 e. The van der Waals surface area contributed by atoms with Crippen LogP contribution in [0.1, 0.15) is 12.8 Å². The number of likely N-dealkylation sites (tertiary alicyclic amines) is 1. The van der Waals surface area contributed by atoms with Crippen LogP contribution >= 0.6 is 35.0 Å². The fraction of sp³-hybridized carbons (Fsp3) is 0.333. The minimum atomic E-state index is -0.0854. The summed E-state index contributed by atoms with van der Waals surface area (Å²) >= 11 is 13.4. The zero-order valence-corrected chi connectivity index (χ0v) is 11.8. The number of imide groups is 1. The van der Waals surface area contributed by atoms with Crippen LogP contribution in [0.15, 0.2) is 23.1 Å². The zero-order valence-electron chi connectivity index (χ0n) is 9.49. The van der Waals surface area contributed by atoms with Gasteiger partial charge in [0.15, 0.2) is 0 Å². The number of carbonyl (C=O) groups excluding carboxylic acids is 2. The van der Waals surface area contributed by atoms with E-state index in [1.807, 2.05) is 0 Å². The molecule has 1 aliphatic rings. The first-order chi connectivity index (χ1) is 8.58. The summed E-state index contributed by atoms with van der Waals surface area (Å²) in [6, 6.07) is 5.24. The lowest BCUT2D eigenvalue weighted by atomic mass is 10.4. The van der Waals surface area contributed by atoms with Crippen molar-refractivity contribution in [3.8, 4) is 0 Å². The third-order valence-corrected chi connectivity index (χ3v) is 4.33. The molecule has 18 heavy (non-hydrogen) atoms. The quantitative estimate of drug-likeness (QED) is 0.633. The van der Waals surface area contributed by atoms with Crippen molar-refractivity contribution in [2.45, 2.75) is 17.7 Å². The second-order valence-electron chi connectivity index (χ2n) is 3.86. The molecule has 0 bridgehead atoms. The van der Waals surface area contributed by atoms with Crippen LogP contribution in [0, 0.1) is 0 Å². The maximum atomic E-state index is 11.4. The van der Waals surface area contributed by atoms with E-state index >= 15 is 0 Å². The highest BCUT2D eigenvalue weighted by molar-refractivity contribution is 7.99. The Bertz CT molecular complexity index is 477. The predicted octanol–water partition coefficient (Wildman–Crippen LogP) is 3.23. The molecular weight excluding hydrogens is 293 g/mol. The Morgan fingerprint density at radius 2 is 1.83 bits per heavy atom. The van der Waals surface area contributed by atoms with Crippen molar-refractivity contribution in [1.29, 1.82) is 0 Å². The van der Waals surface area contributed by atoms with Crippen LogP contribution in [0.25, 0.3) is 0 Å². The molecule has 1 aromatic rings. The average molecular weight is 304 g/mol. The average Bonchev–Trinajstić information content (AvgIpc) is 2.65. The summed E-state index contributed by atoms with van der Waals surface area (Å²) < 4.78 is 0. The van der Waals surface area contributed by atoms with Crippen LogP contribution in [-0.4, -0.2) is 29.0 Å². The Kier molecular flexibility index (Phi) is 4.54. The van der Waals surface area contributed by atoms with Crippen LogP contribution < -0.4 is 0 Å². The number of thioether (sulfide) groups is 1. The van der Waals surface area contributed by atoms with Gasteiger partial charge in [0.2, 0.25) is 11.8 Å². The molecule has 1 heterocycles. The molecule has 1 saturated heterocycles. The van der Waals surface area contributed by atoms with E-state index in [9.17, 15) is 9.59 Å². The van der Waals surface area contributed by atoms with Gasteiger partial charge in [-0.3, -0.25) is 14.5 Å². The Balaban J connectivity index is 1.90. The van der Waals surface area contributed by atoms with E-state index in [0.717, 1.165) is 4.90 Å². The zero-order chi connectivity index (χ0) is 13.1. The molecule has 2 rings (SSSR count). The highest BCUT2D eigenvalue weighted by Gasteiger charge is 2.28. The van der Waals surface area contributed by atoms with Gasteiger partial charge in [0, 0.05) is 35.1 Å². The van der Waals surface area contributed by atoms with Gasteiger partial charge in [0.25, 0.3) is 0 Å². The van der Waals surface area contributed by atoms with Crippen LogP contribution in [0.4, 0.5) is 0 Å².